The molecule has 0 bridgehead atoms. The fourth-order valence-electron chi connectivity index (χ4n) is 2.55. The van der Waals surface area contributed by atoms with Crippen LogP contribution in [0.5, 0.6) is 0 Å². The summed E-state index contributed by atoms with van der Waals surface area (Å²) in [6.07, 6.45) is 2.67. The Morgan fingerprint density at radius 3 is 2.48 bits per heavy atom. The first kappa shape index (κ1) is 21.5. The number of amides is 1. The first-order valence-corrected chi connectivity index (χ1v) is 9.26. The highest BCUT2D eigenvalue weighted by Gasteiger charge is 2.18. The molecule has 0 radical (unpaired) electrons. The number of alkyl carbamates (subject to hydrolysis) is 1. The summed E-state index contributed by atoms with van der Waals surface area (Å²) in [5.74, 6) is 0. The summed E-state index contributed by atoms with van der Waals surface area (Å²) in [7, 11) is 0. The molecule has 1 aromatic rings. The number of carbonyl (C=O) groups is 1. The average molecular weight is 350 g/mol. The molecule has 0 aromatic heterocycles. The van der Waals surface area contributed by atoms with Crippen molar-refractivity contribution in [3.63, 3.8) is 0 Å². The molecule has 1 aromatic carbocycles. The van der Waals surface area contributed by atoms with Gasteiger partial charge in [0, 0.05) is 19.1 Å². The second-order valence-corrected chi connectivity index (χ2v) is 7.59. The number of hydrogen-bond acceptors (Lipinski definition) is 4. The molecule has 25 heavy (non-hydrogen) atoms. The van der Waals surface area contributed by atoms with Crippen LogP contribution in [0, 0.1) is 0 Å². The van der Waals surface area contributed by atoms with E-state index in [1.165, 1.54) is 5.56 Å². The molecule has 0 fully saturated rings. The van der Waals surface area contributed by atoms with Crippen molar-refractivity contribution in [1.82, 2.24) is 10.2 Å². The van der Waals surface area contributed by atoms with Gasteiger partial charge in [0.2, 0.25) is 0 Å². The number of carbonyl (C=O) groups excluding carboxylic acids is 1. The molecular formula is C20H35N3O2. The predicted molar refractivity (Wildman–Crippen MR) is 103 cm³/mol. The Bertz CT molecular complexity index is 485. The highest BCUT2D eigenvalue weighted by atomic mass is 16.6. The van der Waals surface area contributed by atoms with Gasteiger partial charge in [0.1, 0.15) is 5.60 Å². The second kappa shape index (κ2) is 11.1. The van der Waals surface area contributed by atoms with Crippen LogP contribution in [0.2, 0.25) is 0 Å². The summed E-state index contributed by atoms with van der Waals surface area (Å²) in [5, 5.41) is 2.92. The number of nitrogens with zero attached hydrogens (tertiary/aromatic N) is 1. The van der Waals surface area contributed by atoms with Crippen molar-refractivity contribution in [3.8, 4) is 0 Å². The second-order valence-electron chi connectivity index (χ2n) is 7.59. The number of nitrogens with two attached hydrogens (primary N) is 1. The van der Waals surface area contributed by atoms with E-state index in [0.29, 0.717) is 0 Å². The Morgan fingerprint density at radius 2 is 1.88 bits per heavy atom. The van der Waals surface area contributed by atoms with Gasteiger partial charge in [0.05, 0.1) is 0 Å². The molecule has 0 aliphatic heterocycles. The third kappa shape index (κ3) is 10.8. The van der Waals surface area contributed by atoms with Gasteiger partial charge in [-0.25, -0.2) is 4.79 Å². The van der Waals surface area contributed by atoms with Gasteiger partial charge >= 0.3 is 6.09 Å². The van der Waals surface area contributed by atoms with Gasteiger partial charge in [-0.3, -0.25) is 4.90 Å². The number of rotatable bonds is 10. The maximum absolute atomic E-state index is 11.9. The monoisotopic (exact) mass is 349 g/mol. The summed E-state index contributed by atoms with van der Waals surface area (Å²) < 4.78 is 5.31. The van der Waals surface area contributed by atoms with Crippen LogP contribution >= 0.6 is 0 Å². The van der Waals surface area contributed by atoms with E-state index in [-0.39, 0.29) is 12.1 Å². The van der Waals surface area contributed by atoms with Crippen LogP contribution < -0.4 is 11.1 Å². The molecule has 3 N–H and O–H groups in total. The third-order valence-electron chi connectivity index (χ3n) is 3.82. The van der Waals surface area contributed by atoms with Crippen molar-refractivity contribution in [3.05, 3.63) is 35.9 Å². The lowest BCUT2D eigenvalue weighted by atomic mass is 10.1. The van der Waals surface area contributed by atoms with E-state index >= 15 is 0 Å². The molecule has 0 spiro atoms. The Labute approximate surface area is 152 Å². The molecule has 0 saturated carbocycles. The summed E-state index contributed by atoms with van der Waals surface area (Å²) in [6, 6.07) is 10.5. The topological polar surface area (TPSA) is 67.6 Å². The largest absolute Gasteiger partial charge is 0.444 e. The lowest BCUT2D eigenvalue weighted by Gasteiger charge is -2.25. The van der Waals surface area contributed by atoms with Crippen LogP contribution in [0.1, 0.15) is 52.5 Å². The zero-order valence-corrected chi connectivity index (χ0v) is 16.3. The van der Waals surface area contributed by atoms with E-state index in [0.717, 1.165) is 45.4 Å². The summed E-state index contributed by atoms with van der Waals surface area (Å²) in [6.45, 7) is 11.2. The minimum Gasteiger partial charge on any atom is -0.444 e. The Kier molecular flexibility index (Phi) is 9.53. The molecule has 1 rings (SSSR count). The fourth-order valence-corrected chi connectivity index (χ4v) is 2.55. The Morgan fingerprint density at radius 1 is 1.20 bits per heavy atom. The number of ether oxygens (including phenoxy) is 1. The Balaban J connectivity index is 2.46. The van der Waals surface area contributed by atoms with Crippen molar-refractivity contribution in [2.24, 2.45) is 5.73 Å². The van der Waals surface area contributed by atoms with E-state index in [9.17, 15) is 4.79 Å². The van der Waals surface area contributed by atoms with E-state index in [4.69, 9.17) is 10.5 Å². The maximum atomic E-state index is 11.9. The molecule has 0 aliphatic carbocycles. The number of benzene rings is 1. The fraction of sp³-hybridized carbons (Fsp3) is 0.650. The highest BCUT2D eigenvalue weighted by molar-refractivity contribution is 5.67. The SMILES string of the molecule is C[C@H](CCN(CCCCN)Cc1ccccc1)NC(=O)OC(C)(C)C. The zero-order chi connectivity index (χ0) is 18.7. The van der Waals surface area contributed by atoms with Gasteiger partial charge in [-0.05, 0) is 65.6 Å². The van der Waals surface area contributed by atoms with Crippen LogP contribution in [-0.4, -0.2) is 42.3 Å². The summed E-state index contributed by atoms with van der Waals surface area (Å²) in [4.78, 5) is 14.3. The van der Waals surface area contributed by atoms with E-state index < -0.39 is 5.60 Å². The van der Waals surface area contributed by atoms with Crippen LogP contribution in [0.15, 0.2) is 30.3 Å². The highest BCUT2D eigenvalue weighted by Crippen LogP contribution is 2.09. The summed E-state index contributed by atoms with van der Waals surface area (Å²) in [5.41, 5.74) is 6.46. The van der Waals surface area contributed by atoms with E-state index in [1.54, 1.807) is 0 Å². The maximum Gasteiger partial charge on any atom is 0.407 e. The van der Waals surface area contributed by atoms with Crippen molar-refractivity contribution in [1.29, 1.82) is 0 Å². The van der Waals surface area contributed by atoms with Gasteiger partial charge in [-0.2, -0.15) is 0 Å². The number of hydrogen-bond donors (Lipinski definition) is 2. The molecule has 142 valence electrons. The van der Waals surface area contributed by atoms with Crippen LogP contribution in [0.3, 0.4) is 0 Å². The lowest BCUT2D eigenvalue weighted by Crippen LogP contribution is -2.39. The number of nitrogens with one attached hydrogen (secondary N) is 1. The smallest absolute Gasteiger partial charge is 0.407 e. The predicted octanol–water partition coefficient (Wildman–Crippen LogP) is 3.53. The Hall–Kier alpha value is -1.59. The quantitative estimate of drug-likeness (QED) is 0.634. The molecule has 5 heteroatoms. The molecule has 0 aliphatic rings. The first-order chi connectivity index (χ1) is 11.8. The molecule has 5 nitrogen and oxygen atoms in total. The van der Waals surface area contributed by atoms with Gasteiger partial charge in [-0.15, -0.1) is 0 Å². The van der Waals surface area contributed by atoms with Crippen molar-refractivity contribution in [2.45, 2.75) is 65.1 Å². The standard InChI is InChI=1S/C20H35N3O2/c1-17(22-19(24)25-20(2,3)4)12-15-23(14-9-8-13-21)16-18-10-6-5-7-11-18/h5-7,10-11,17H,8-9,12-16,21H2,1-4H3,(H,22,24)/t17-/m1/s1. The normalized spacial score (nSPS) is 12.9. The van der Waals surface area contributed by atoms with E-state index in [2.05, 4.69) is 34.5 Å². The molecular weight excluding hydrogens is 314 g/mol. The third-order valence-corrected chi connectivity index (χ3v) is 3.82. The van der Waals surface area contributed by atoms with Crippen molar-refractivity contribution < 1.29 is 9.53 Å². The molecule has 0 unspecified atom stereocenters. The molecule has 1 atom stereocenters. The van der Waals surface area contributed by atoms with Crippen LogP contribution in [0.25, 0.3) is 0 Å². The lowest BCUT2D eigenvalue weighted by molar-refractivity contribution is 0.0503. The van der Waals surface area contributed by atoms with Crippen LogP contribution in [-0.2, 0) is 11.3 Å². The van der Waals surface area contributed by atoms with Gasteiger partial charge in [0.25, 0.3) is 0 Å². The summed E-state index contributed by atoms with van der Waals surface area (Å²) >= 11 is 0. The number of unbranched alkanes of at least 4 members (excludes halogenated alkanes) is 1. The molecule has 0 heterocycles. The zero-order valence-electron chi connectivity index (χ0n) is 16.3. The minimum absolute atomic E-state index is 0.0719. The van der Waals surface area contributed by atoms with Gasteiger partial charge < -0.3 is 15.8 Å². The van der Waals surface area contributed by atoms with E-state index in [1.807, 2.05) is 33.8 Å². The first-order valence-electron chi connectivity index (χ1n) is 9.26. The molecule has 0 saturated heterocycles. The van der Waals surface area contributed by atoms with Gasteiger partial charge in [-0.1, -0.05) is 30.3 Å². The van der Waals surface area contributed by atoms with Crippen molar-refractivity contribution in [2.75, 3.05) is 19.6 Å². The minimum atomic E-state index is -0.467. The van der Waals surface area contributed by atoms with Crippen LogP contribution in [0.4, 0.5) is 4.79 Å². The van der Waals surface area contributed by atoms with Gasteiger partial charge in [0.15, 0.2) is 0 Å². The molecule has 1 amide bonds. The van der Waals surface area contributed by atoms with Crippen molar-refractivity contribution >= 4 is 6.09 Å². The average Bonchev–Trinajstić information content (AvgIpc) is 2.51.